The highest BCUT2D eigenvalue weighted by molar-refractivity contribution is 9.11. The molecule has 0 radical (unpaired) electrons. The Morgan fingerprint density at radius 1 is 0.647 bits per heavy atom. The molecule has 0 spiro atoms. The number of halogens is 2. The predicted molar refractivity (Wildman–Crippen MR) is 153 cm³/mol. The van der Waals surface area contributed by atoms with E-state index in [1.165, 1.54) is 114 Å². The Morgan fingerprint density at radius 3 is 1.50 bits per heavy atom. The minimum absolute atomic E-state index is 0.641. The Labute approximate surface area is 226 Å². The van der Waals surface area contributed by atoms with Crippen molar-refractivity contribution >= 4 is 65.6 Å². The van der Waals surface area contributed by atoms with Crippen molar-refractivity contribution in [2.75, 3.05) is 0 Å². The van der Waals surface area contributed by atoms with Crippen LogP contribution >= 0.6 is 31.9 Å². The highest BCUT2D eigenvalue weighted by atomic mass is 79.9. The van der Waals surface area contributed by atoms with Crippen LogP contribution < -0.4 is 0 Å². The number of unbranched alkanes of at least 4 members (excludes halogenated alkanes) is 12. The molecular formula is C26H41Br2N5S. The van der Waals surface area contributed by atoms with Crippen LogP contribution in [0.1, 0.15) is 117 Å². The van der Waals surface area contributed by atoms with Gasteiger partial charge in [0.2, 0.25) is 0 Å². The van der Waals surface area contributed by atoms with Crippen LogP contribution in [0.3, 0.4) is 0 Å². The minimum Gasteiger partial charge on any atom is -0.183 e. The van der Waals surface area contributed by atoms with Crippen LogP contribution in [-0.4, -0.2) is 15.0 Å². The first-order chi connectivity index (χ1) is 16.7. The monoisotopic (exact) mass is 613 g/mol. The van der Waals surface area contributed by atoms with Gasteiger partial charge in [-0.1, -0.05) is 104 Å². The Morgan fingerprint density at radius 2 is 1.06 bits per heavy atom. The molecule has 1 aliphatic heterocycles. The summed E-state index contributed by atoms with van der Waals surface area (Å²) in [7, 11) is 0. The molecule has 34 heavy (non-hydrogen) atoms. The van der Waals surface area contributed by atoms with E-state index in [1.54, 1.807) is 0 Å². The molecule has 190 valence electrons. The highest BCUT2D eigenvalue weighted by Crippen LogP contribution is 2.48. The minimum atomic E-state index is 0.641. The molecule has 0 amide bonds. The lowest BCUT2D eigenvalue weighted by Crippen LogP contribution is -2.13. The van der Waals surface area contributed by atoms with Gasteiger partial charge in [0.15, 0.2) is 0 Å². The van der Waals surface area contributed by atoms with Crippen molar-refractivity contribution < 1.29 is 0 Å². The molecule has 0 aliphatic carbocycles. The first kappa shape index (κ1) is 28.0. The van der Waals surface area contributed by atoms with Crippen molar-refractivity contribution in [1.29, 1.82) is 0 Å². The molecule has 1 aromatic heterocycles. The largest absolute Gasteiger partial charge is 0.183 e. The van der Waals surface area contributed by atoms with E-state index in [2.05, 4.69) is 54.4 Å². The quantitative estimate of drug-likeness (QED) is 0.134. The van der Waals surface area contributed by atoms with Crippen LogP contribution in [0.15, 0.2) is 17.7 Å². The van der Waals surface area contributed by atoms with Crippen molar-refractivity contribution in [3.63, 3.8) is 0 Å². The third-order valence-electron chi connectivity index (χ3n) is 6.83. The van der Waals surface area contributed by atoms with Gasteiger partial charge < -0.3 is 0 Å². The fourth-order valence-electron chi connectivity index (χ4n) is 4.76. The number of aromatic nitrogens is 3. The maximum Gasteiger partial charge on any atom is 0.130 e. The Kier molecular flexibility index (Phi) is 12.8. The van der Waals surface area contributed by atoms with E-state index in [1.807, 2.05) is 4.80 Å². The second-order valence-corrected chi connectivity index (χ2v) is 11.8. The van der Waals surface area contributed by atoms with Gasteiger partial charge in [0.25, 0.3) is 0 Å². The van der Waals surface area contributed by atoms with E-state index in [4.69, 9.17) is 10.2 Å². The van der Waals surface area contributed by atoms with Crippen molar-refractivity contribution in [3.8, 4) is 0 Å². The number of hydrogen-bond donors (Lipinski definition) is 0. The zero-order chi connectivity index (χ0) is 24.2. The van der Waals surface area contributed by atoms with Crippen LogP contribution in [0.4, 0.5) is 11.4 Å². The molecule has 0 fully saturated rings. The number of benzene rings is 1. The van der Waals surface area contributed by atoms with E-state index in [0.717, 1.165) is 37.9 Å². The summed E-state index contributed by atoms with van der Waals surface area (Å²) in [6.45, 7) is 5.47. The summed E-state index contributed by atoms with van der Waals surface area (Å²) in [6.07, 6.45) is 21.7. The van der Waals surface area contributed by atoms with Gasteiger partial charge in [-0.2, -0.15) is 23.7 Å². The topological polar surface area (TPSA) is 55.4 Å². The van der Waals surface area contributed by atoms with Gasteiger partial charge in [0.1, 0.15) is 22.4 Å². The van der Waals surface area contributed by atoms with Gasteiger partial charge >= 0.3 is 0 Å². The molecule has 8 heteroatoms. The SMILES string of the molecule is CCCCCCCCCCC(CCCCCCCC)Cn1nc2c(Br)c3c(c(Br)c2n1)N=S=N3. The molecule has 0 saturated carbocycles. The molecule has 0 bridgehead atoms. The van der Waals surface area contributed by atoms with Crippen molar-refractivity contribution in [2.24, 2.45) is 14.6 Å². The zero-order valence-corrected chi connectivity index (χ0v) is 25.0. The molecule has 2 aromatic rings. The molecule has 1 aromatic carbocycles. The van der Waals surface area contributed by atoms with E-state index in [-0.39, 0.29) is 0 Å². The van der Waals surface area contributed by atoms with Crippen molar-refractivity contribution in [2.45, 2.75) is 123 Å². The molecule has 5 nitrogen and oxygen atoms in total. The smallest absolute Gasteiger partial charge is 0.130 e. The molecule has 2 heterocycles. The Balaban J connectivity index is 1.56. The lowest BCUT2D eigenvalue weighted by Gasteiger charge is -2.16. The zero-order valence-electron chi connectivity index (χ0n) is 21.0. The molecule has 1 aliphatic rings. The first-order valence-electron chi connectivity index (χ1n) is 13.5. The number of hydrogen-bond acceptors (Lipinski definition) is 4. The summed E-state index contributed by atoms with van der Waals surface area (Å²) in [5.74, 6) is 0.641. The fraction of sp³-hybridized carbons (Fsp3) is 0.769. The van der Waals surface area contributed by atoms with Gasteiger partial charge in [-0.05, 0) is 50.6 Å². The molecule has 0 saturated heterocycles. The van der Waals surface area contributed by atoms with Gasteiger partial charge in [-0.15, -0.1) is 0 Å². The normalized spacial score (nSPS) is 13.5. The number of rotatable bonds is 18. The summed E-state index contributed by atoms with van der Waals surface area (Å²) in [4.78, 5) is 1.93. The fourth-order valence-corrected chi connectivity index (χ4v) is 6.65. The summed E-state index contributed by atoms with van der Waals surface area (Å²) in [5, 5.41) is 9.73. The van der Waals surface area contributed by atoms with Gasteiger partial charge in [-0.3, -0.25) is 0 Å². The van der Waals surface area contributed by atoms with Crippen LogP contribution in [-0.2, 0) is 17.9 Å². The van der Waals surface area contributed by atoms with E-state index >= 15 is 0 Å². The average molecular weight is 616 g/mol. The summed E-state index contributed by atoms with van der Waals surface area (Å²) < 4.78 is 10.7. The van der Waals surface area contributed by atoms with Gasteiger partial charge in [0.05, 0.1) is 26.8 Å². The van der Waals surface area contributed by atoms with Crippen LogP contribution in [0.2, 0.25) is 0 Å². The lowest BCUT2D eigenvalue weighted by molar-refractivity contribution is 0.326. The molecule has 1 atom stereocenters. The van der Waals surface area contributed by atoms with Gasteiger partial charge in [0, 0.05) is 0 Å². The van der Waals surface area contributed by atoms with Crippen LogP contribution in [0.25, 0.3) is 11.0 Å². The van der Waals surface area contributed by atoms with E-state index in [9.17, 15) is 0 Å². The second kappa shape index (κ2) is 15.5. The Bertz CT molecular complexity index is 917. The maximum absolute atomic E-state index is 4.86. The van der Waals surface area contributed by atoms with E-state index in [0.29, 0.717) is 5.92 Å². The molecule has 1 unspecified atom stereocenters. The third kappa shape index (κ3) is 8.22. The van der Waals surface area contributed by atoms with Crippen LogP contribution in [0.5, 0.6) is 0 Å². The molecular weight excluding hydrogens is 574 g/mol. The predicted octanol–water partition coefficient (Wildman–Crippen LogP) is 10.6. The molecule has 0 N–H and O–H groups in total. The summed E-state index contributed by atoms with van der Waals surface area (Å²) in [6, 6.07) is 0. The molecule has 3 rings (SSSR count). The van der Waals surface area contributed by atoms with Gasteiger partial charge in [-0.25, -0.2) is 0 Å². The Hall–Kier alpha value is -0.600. The number of nitrogens with zero attached hydrogens (tertiary/aromatic N) is 5. The van der Waals surface area contributed by atoms with E-state index < -0.39 is 0 Å². The first-order valence-corrected chi connectivity index (χ1v) is 15.8. The standard InChI is InChI=1S/C26H41Br2N5S/c1-3-5-7-9-11-12-14-16-18-20(17-15-13-10-8-6-4-2)19-33-29-23-21(27)25-26(32-34-31-25)22(28)24(23)30-33/h20H,3-19H2,1-2H3. The van der Waals surface area contributed by atoms with Crippen molar-refractivity contribution in [3.05, 3.63) is 8.95 Å². The second-order valence-electron chi connectivity index (χ2n) is 9.73. The highest BCUT2D eigenvalue weighted by Gasteiger charge is 2.23. The summed E-state index contributed by atoms with van der Waals surface area (Å²) >= 11 is 8.61. The van der Waals surface area contributed by atoms with Crippen LogP contribution in [0, 0.1) is 5.92 Å². The maximum atomic E-state index is 4.86. The summed E-state index contributed by atoms with van der Waals surface area (Å²) in [5.41, 5.74) is 3.47. The average Bonchev–Trinajstić information content (AvgIpc) is 3.49. The lowest BCUT2D eigenvalue weighted by atomic mass is 9.94. The number of fused-ring (bicyclic) bond motifs is 2. The van der Waals surface area contributed by atoms with Crippen molar-refractivity contribution in [1.82, 2.24) is 15.0 Å². The third-order valence-corrected chi connectivity index (χ3v) is 8.86.